The Kier molecular flexibility index (Phi) is 9.64. The van der Waals surface area contributed by atoms with Crippen LogP contribution in [-0.2, 0) is 17.9 Å². The second kappa shape index (κ2) is 14.3. The monoisotopic (exact) mass is 618 g/mol. The number of piperazine rings is 1. The van der Waals surface area contributed by atoms with Crippen LogP contribution >= 0.6 is 11.6 Å². The fraction of sp³-hybridized carbons (Fsp3) is 0.184. The van der Waals surface area contributed by atoms with Gasteiger partial charge in [0.1, 0.15) is 29.4 Å². The Bertz CT molecular complexity index is 1720. The van der Waals surface area contributed by atoms with Crippen molar-refractivity contribution in [1.29, 1.82) is 0 Å². The Balaban J connectivity index is 1.11. The normalized spacial score (nSPS) is 13.3. The van der Waals surface area contributed by atoms with E-state index in [4.69, 9.17) is 25.8 Å². The van der Waals surface area contributed by atoms with Gasteiger partial charge >= 0.3 is 5.97 Å². The van der Waals surface area contributed by atoms with Gasteiger partial charge in [-0.2, -0.15) is 0 Å². The van der Waals surface area contributed by atoms with E-state index < -0.39 is 5.97 Å². The summed E-state index contributed by atoms with van der Waals surface area (Å²) in [5.41, 5.74) is 6.17. The number of rotatable bonds is 10. The summed E-state index contributed by atoms with van der Waals surface area (Å²) in [5.74, 6) is 1.36. The van der Waals surface area contributed by atoms with Crippen molar-refractivity contribution in [2.75, 3.05) is 38.2 Å². The zero-order valence-corrected chi connectivity index (χ0v) is 26.0. The van der Waals surface area contributed by atoms with Crippen LogP contribution in [0.25, 0.3) is 11.1 Å². The fourth-order valence-electron chi connectivity index (χ4n) is 5.52. The van der Waals surface area contributed by atoms with Gasteiger partial charge in [-0.15, -0.1) is 0 Å². The molecule has 0 radical (unpaired) electrons. The maximum absolute atomic E-state index is 12.6. The molecule has 1 fully saturated rings. The zero-order valence-electron chi connectivity index (χ0n) is 25.2. The molecule has 0 aliphatic carbocycles. The molecule has 0 aromatic heterocycles. The lowest BCUT2D eigenvalue weighted by Crippen LogP contribution is -2.46. The predicted octanol–water partition coefficient (Wildman–Crippen LogP) is 8.49. The molecule has 7 heteroatoms. The number of ether oxygens (including phenoxy) is 3. The van der Waals surface area contributed by atoms with Crippen molar-refractivity contribution in [3.05, 3.63) is 143 Å². The molecule has 1 aliphatic heterocycles. The van der Waals surface area contributed by atoms with Gasteiger partial charge < -0.3 is 19.1 Å². The first-order valence-corrected chi connectivity index (χ1v) is 15.4. The lowest BCUT2D eigenvalue weighted by atomic mass is 9.99. The second-order valence-electron chi connectivity index (χ2n) is 10.9. The van der Waals surface area contributed by atoms with Crippen molar-refractivity contribution in [3.63, 3.8) is 0 Å². The maximum Gasteiger partial charge on any atom is 0.341 e. The summed E-state index contributed by atoms with van der Waals surface area (Å²) in [6, 6.07) is 39.7. The number of carbonyl (C=O) groups excluding carboxylic acids is 1. The van der Waals surface area contributed by atoms with Gasteiger partial charge in [0, 0.05) is 49.5 Å². The first-order valence-electron chi connectivity index (χ1n) is 15.0. The topological polar surface area (TPSA) is 51.2 Å². The number of anilines is 1. The first-order chi connectivity index (χ1) is 22.1. The molecule has 1 saturated heterocycles. The number of nitrogens with zero attached hydrogens (tertiary/aromatic N) is 2. The largest absolute Gasteiger partial charge is 0.489 e. The van der Waals surface area contributed by atoms with Gasteiger partial charge in [0.15, 0.2) is 0 Å². The van der Waals surface area contributed by atoms with Crippen LogP contribution in [0.2, 0.25) is 5.02 Å². The Labute approximate surface area is 269 Å². The summed E-state index contributed by atoms with van der Waals surface area (Å²) in [5, 5.41) is 0.738. The van der Waals surface area contributed by atoms with Crippen molar-refractivity contribution in [2.45, 2.75) is 13.2 Å². The van der Waals surface area contributed by atoms with E-state index in [0.29, 0.717) is 23.7 Å². The number of halogens is 1. The van der Waals surface area contributed by atoms with Crippen LogP contribution in [0.4, 0.5) is 5.69 Å². The minimum atomic E-state index is -0.441. The molecule has 0 amide bonds. The molecule has 0 bridgehead atoms. The molecular weight excluding hydrogens is 584 g/mol. The van der Waals surface area contributed by atoms with Crippen molar-refractivity contribution in [3.8, 4) is 28.4 Å². The van der Waals surface area contributed by atoms with Crippen LogP contribution in [-0.4, -0.2) is 44.2 Å². The van der Waals surface area contributed by atoms with Gasteiger partial charge in [-0.3, -0.25) is 4.90 Å². The van der Waals surface area contributed by atoms with E-state index in [0.717, 1.165) is 54.7 Å². The zero-order chi connectivity index (χ0) is 31.0. The van der Waals surface area contributed by atoms with Crippen LogP contribution in [0.3, 0.4) is 0 Å². The van der Waals surface area contributed by atoms with Gasteiger partial charge in [-0.1, -0.05) is 78.3 Å². The Morgan fingerprint density at radius 3 is 2.18 bits per heavy atom. The molecule has 5 aromatic rings. The minimum absolute atomic E-state index is 0.378. The SMILES string of the molecule is COC(=O)c1ccc(N2CCN(Cc3ccccc3-c3ccc(Cl)cc3)CC2)cc1Oc1ccc(OCc2ccccc2)cc1. The molecule has 0 N–H and O–H groups in total. The average molecular weight is 619 g/mol. The van der Waals surface area contributed by atoms with Gasteiger partial charge in [0.2, 0.25) is 0 Å². The van der Waals surface area contributed by atoms with E-state index in [1.807, 2.05) is 78.9 Å². The van der Waals surface area contributed by atoms with Crippen molar-refractivity contribution < 1.29 is 19.0 Å². The summed E-state index contributed by atoms with van der Waals surface area (Å²) in [7, 11) is 1.38. The summed E-state index contributed by atoms with van der Waals surface area (Å²) in [6.45, 7) is 4.88. The molecule has 0 atom stereocenters. The Hall–Kier alpha value is -4.78. The summed E-state index contributed by atoms with van der Waals surface area (Å²) in [6.07, 6.45) is 0. The molecule has 0 saturated carbocycles. The van der Waals surface area contributed by atoms with E-state index in [1.165, 1.54) is 23.8 Å². The number of hydrogen-bond acceptors (Lipinski definition) is 6. The summed E-state index contributed by atoms with van der Waals surface area (Å²) < 4.78 is 17.2. The number of benzene rings is 5. The van der Waals surface area contributed by atoms with E-state index in [2.05, 4.69) is 46.2 Å². The highest BCUT2D eigenvalue weighted by Crippen LogP contribution is 2.33. The highest BCUT2D eigenvalue weighted by Gasteiger charge is 2.21. The van der Waals surface area contributed by atoms with Crippen molar-refractivity contribution >= 4 is 23.3 Å². The lowest BCUT2D eigenvalue weighted by molar-refractivity contribution is 0.0598. The number of hydrogen-bond donors (Lipinski definition) is 0. The molecule has 1 aliphatic rings. The number of methoxy groups -OCH3 is 1. The number of esters is 1. The quantitative estimate of drug-likeness (QED) is 0.146. The third-order valence-corrected chi connectivity index (χ3v) is 8.23. The molecule has 228 valence electrons. The van der Waals surface area contributed by atoms with Gasteiger partial charge in [-0.05, 0) is 70.8 Å². The fourth-order valence-corrected chi connectivity index (χ4v) is 5.64. The molecule has 0 unspecified atom stereocenters. The van der Waals surface area contributed by atoms with Crippen LogP contribution in [0.1, 0.15) is 21.5 Å². The van der Waals surface area contributed by atoms with E-state index >= 15 is 0 Å². The summed E-state index contributed by atoms with van der Waals surface area (Å²) in [4.78, 5) is 17.4. The molecule has 5 aromatic carbocycles. The predicted molar refractivity (Wildman–Crippen MR) is 179 cm³/mol. The van der Waals surface area contributed by atoms with Gasteiger partial charge in [0.25, 0.3) is 0 Å². The molecular formula is C38H35ClN2O4. The first kappa shape index (κ1) is 30.3. The lowest BCUT2D eigenvalue weighted by Gasteiger charge is -2.36. The van der Waals surface area contributed by atoms with Crippen LogP contribution in [0.5, 0.6) is 17.2 Å². The second-order valence-corrected chi connectivity index (χ2v) is 11.4. The molecule has 0 spiro atoms. The minimum Gasteiger partial charge on any atom is -0.489 e. The highest BCUT2D eigenvalue weighted by molar-refractivity contribution is 6.30. The third-order valence-electron chi connectivity index (χ3n) is 7.97. The summed E-state index contributed by atoms with van der Waals surface area (Å²) >= 11 is 6.13. The Morgan fingerprint density at radius 2 is 1.44 bits per heavy atom. The smallest absolute Gasteiger partial charge is 0.341 e. The number of carbonyl (C=O) groups is 1. The molecule has 45 heavy (non-hydrogen) atoms. The molecule has 6 nitrogen and oxygen atoms in total. The highest BCUT2D eigenvalue weighted by atomic mass is 35.5. The van der Waals surface area contributed by atoms with E-state index in [1.54, 1.807) is 6.07 Å². The standard InChI is InChI=1S/C38H35ClN2O4/c1-43-38(42)36-20-15-32(25-37(36)45-34-18-16-33(17-19-34)44-27-28-7-3-2-4-8-28)41-23-21-40(22-24-41)26-30-9-5-6-10-35(30)29-11-13-31(39)14-12-29/h2-20,25H,21-24,26-27H2,1H3. The van der Waals surface area contributed by atoms with Gasteiger partial charge in [0.05, 0.1) is 7.11 Å². The van der Waals surface area contributed by atoms with E-state index in [-0.39, 0.29) is 0 Å². The Morgan fingerprint density at radius 1 is 0.756 bits per heavy atom. The molecule has 1 heterocycles. The molecule has 6 rings (SSSR count). The van der Waals surface area contributed by atoms with Gasteiger partial charge in [-0.25, -0.2) is 4.79 Å². The van der Waals surface area contributed by atoms with E-state index in [9.17, 15) is 4.79 Å². The van der Waals surface area contributed by atoms with Crippen molar-refractivity contribution in [1.82, 2.24) is 4.90 Å². The van der Waals surface area contributed by atoms with Crippen molar-refractivity contribution in [2.24, 2.45) is 0 Å². The third kappa shape index (κ3) is 7.66. The van der Waals surface area contributed by atoms with Crippen LogP contribution in [0, 0.1) is 0 Å². The van der Waals surface area contributed by atoms with Crippen LogP contribution in [0.15, 0.2) is 121 Å². The maximum atomic E-state index is 12.6. The average Bonchev–Trinajstić information content (AvgIpc) is 3.09. The van der Waals surface area contributed by atoms with Crippen LogP contribution < -0.4 is 14.4 Å².